The molecule has 0 saturated carbocycles. The highest BCUT2D eigenvalue weighted by Gasteiger charge is 2.35. The van der Waals surface area contributed by atoms with Gasteiger partial charge in [-0.15, -0.1) is 0 Å². The summed E-state index contributed by atoms with van der Waals surface area (Å²) in [6.45, 7) is 2.48. The first-order valence-corrected chi connectivity index (χ1v) is 12.5. The van der Waals surface area contributed by atoms with Gasteiger partial charge in [-0.3, -0.25) is 4.90 Å². The lowest BCUT2D eigenvalue weighted by molar-refractivity contribution is -0.138. The number of nitrogens with two attached hydrogens (primary N) is 1. The predicted octanol–water partition coefficient (Wildman–Crippen LogP) is 5.25. The number of carbonyl (C=O) groups excluding carboxylic acids is 3. The van der Waals surface area contributed by atoms with Crippen molar-refractivity contribution < 1.29 is 41.8 Å². The van der Waals surface area contributed by atoms with Gasteiger partial charge in [-0.1, -0.05) is 0 Å². The number of benzene rings is 2. The first-order valence-electron chi connectivity index (χ1n) is 12.5. The third-order valence-corrected chi connectivity index (χ3v) is 5.89. The van der Waals surface area contributed by atoms with Crippen molar-refractivity contribution in [2.24, 2.45) is 5.73 Å². The van der Waals surface area contributed by atoms with E-state index in [4.69, 9.17) is 15.2 Å². The van der Waals surface area contributed by atoms with E-state index in [0.29, 0.717) is 18.0 Å². The van der Waals surface area contributed by atoms with Crippen molar-refractivity contribution in [2.75, 3.05) is 36.9 Å². The summed E-state index contributed by atoms with van der Waals surface area (Å²) in [5, 5.41) is 4.91. The van der Waals surface area contributed by atoms with Gasteiger partial charge >= 0.3 is 24.3 Å². The molecule has 2 aromatic carbocycles. The Morgan fingerprint density at radius 3 is 2.29 bits per heavy atom. The summed E-state index contributed by atoms with van der Waals surface area (Å²) < 4.78 is 56.3. The van der Waals surface area contributed by atoms with Crippen molar-refractivity contribution in [1.82, 2.24) is 9.88 Å². The van der Waals surface area contributed by atoms with Gasteiger partial charge in [0.25, 0.3) is 0 Å². The average molecular weight is 574 g/mol. The molecule has 0 aliphatic carbocycles. The van der Waals surface area contributed by atoms with Crippen LogP contribution in [0.15, 0.2) is 60.8 Å². The van der Waals surface area contributed by atoms with Crippen molar-refractivity contribution in [2.45, 2.75) is 19.0 Å². The summed E-state index contributed by atoms with van der Waals surface area (Å²) in [6.07, 6.45) is -2.54. The number of pyridine rings is 1. The molecule has 1 aliphatic rings. The number of amides is 3. The number of primary amides is 1. The smallest absolute Gasteiger partial charge is 0.420 e. The molecular weight excluding hydrogens is 547 g/mol. The van der Waals surface area contributed by atoms with Gasteiger partial charge in [0.1, 0.15) is 23.9 Å². The molecule has 1 saturated heterocycles. The highest BCUT2D eigenvalue weighted by atomic mass is 19.4. The molecule has 1 aromatic heterocycles. The van der Waals surface area contributed by atoms with E-state index in [1.165, 1.54) is 54.7 Å². The molecule has 3 amide bonds. The van der Waals surface area contributed by atoms with Crippen molar-refractivity contribution in [1.29, 1.82) is 0 Å². The summed E-state index contributed by atoms with van der Waals surface area (Å²) in [7, 11) is 0. The Bertz CT molecular complexity index is 1390. The van der Waals surface area contributed by atoms with E-state index in [9.17, 15) is 27.6 Å². The Morgan fingerprint density at radius 2 is 1.61 bits per heavy atom. The number of urea groups is 1. The minimum absolute atomic E-state index is 0.0648. The van der Waals surface area contributed by atoms with Crippen molar-refractivity contribution in [3.63, 3.8) is 0 Å². The number of alkyl halides is 3. The number of carbonyl (C=O) groups is 3. The topological polar surface area (TPSA) is 145 Å². The van der Waals surface area contributed by atoms with E-state index < -0.39 is 29.8 Å². The van der Waals surface area contributed by atoms with Crippen LogP contribution in [-0.4, -0.2) is 54.2 Å². The molecule has 0 unspecified atom stereocenters. The standard InChI is InChI=1S/C27H26F3N5O6/c28-27(29,30)21-15-18(5-8-23(21)39-14-13-35-11-1-2-12-35)34-26(38)33-17-3-6-19(7-4-17)40-20-9-10-32-22(16-20)24(36)41-25(31)37/h3-10,15-16H,1-2,11-14H2,(H2,31,37)(H2,33,34,38). The second kappa shape index (κ2) is 13.0. The molecule has 14 heteroatoms. The lowest BCUT2D eigenvalue weighted by atomic mass is 10.1. The molecule has 4 N–H and O–H groups in total. The molecule has 0 spiro atoms. The van der Waals surface area contributed by atoms with Crippen LogP contribution in [0.4, 0.5) is 34.1 Å². The SMILES string of the molecule is NC(=O)OC(=O)c1cc(Oc2ccc(NC(=O)Nc3ccc(OCCN4CCCC4)c(C(F)(F)F)c3)cc2)ccn1. The Kier molecular flexibility index (Phi) is 9.24. The number of esters is 1. The van der Waals surface area contributed by atoms with Crippen LogP contribution in [0, 0.1) is 0 Å². The predicted molar refractivity (Wildman–Crippen MR) is 141 cm³/mol. The van der Waals surface area contributed by atoms with Gasteiger partial charge in [0.15, 0.2) is 5.69 Å². The number of halogens is 3. The maximum absolute atomic E-state index is 13.7. The zero-order valence-electron chi connectivity index (χ0n) is 21.6. The zero-order valence-corrected chi connectivity index (χ0v) is 21.6. The molecule has 41 heavy (non-hydrogen) atoms. The lowest BCUT2D eigenvalue weighted by Gasteiger charge is -2.18. The quantitative estimate of drug-likeness (QED) is 0.233. The van der Waals surface area contributed by atoms with Gasteiger partial charge in [-0.05, 0) is 74.5 Å². The largest absolute Gasteiger partial charge is 0.492 e. The Balaban J connectivity index is 1.33. The van der Waals surface area contributed by atoms with E-state index in [1.54, 1.807) is 0 Å². The molecule has 1 fully saturated rings. The number of nitrogens with one attached hydrogen (secondary N) is 2. The Labute approximate surface area is 232 Å². The van der Waals surface area contributed by atoms with E-state index in [0.717, 1.165) is 32.0 Å². The molecule has 0 radical (unpaired) electrons. The number of nitrogens with zero attached hydrogens (tertiary/aromatic N) is 2. The summed E-state index contributed by atoms with van der Waals surface area (Å²) in [5.41, 5.74) is 3.89. The van der Waals surface area contributed by atoms with Crippen LogP contribution in [0.2, 0.25) is 0 Å². The first-order chi connectivity index (χ1) is 19.6. The molecule has 4 rings (SSSR count). The molecule has 0 atom stereocenters. The highest BCUT2D eigenvalue weighted by molar-refractivity contribution is 6.00. The Hall–Kier alpha value is -4.85. The first kappa shape index (κ1) is 29.1. The highest BCUT2D eigenvalue weighted by Crippen LogP contribution is 2.38. The summed E-state index contributed by atoms with van der Waals surface area (Å²) in [4.78, 5) is 40.9. The van der Waals surface area contributed by atoms with Crippen molar-refractivity contribution >= 4 is 29.5 Å². The van der Waals surface area contributed by atoms with Crippen LogP contribution in [0.25, 0.3) is 0 Å². The molecule has 0 bridgehead atoms. The fraction of sp³-hybridized carbons (Fsp3) is 0.259. The fourth-order valence-corrected chi connectivity index (χ4v) is 4.01. The van der Waals surface area contributed by atoms with Crippen LogP contribution in [-0.2, 0) is 10.9 Å². The number of ether oxygens (including phenoxy) is 3. The van der Waals surface area contributed by atoms with Crippen LogP contribution >= 0.6 is 0 Å². The third-order valence-electron chi connectivity index (χ3n) is 5.89. The van der Waals surface area contributed by atoms with E-state index in [1.807, 2.05) is 0 Å². The Morgan fingerprint density at radius 1 is 0.927 bits per heavy atom. The number of hydrogen-bond acceptors (Lipinski definition) is 8. The minimum Gasteiger partial charge on any atom is -0.492 e. The molecular formula is C27H26F3N5O6. The minimum atomic E-state index is -4.68. The number of anilines is 2. The van der Waals surface area contributed by atoms with Gasteiger partial charge in [0.2, 0.25) is 0 Å². The number of hydrogen-bond donors (Lipinski definition) is 3. The molecule has 216 valence electrons. The average Bonchev–Trinajstić information content (AvgIpc) is 3.43. The second-order valence-electron chi connectivity index (χ2n) is 8.90. The maximum atomic E-state index is 13.7. The number of likely N-dealkylation sites (tertiary alicyclic amines) is 1. The zero-order chi connectivity index (χ0) is 29.4. The number of aromatic nitrogens is 1. The van der Waals surface area contributed by atoms with Crippen LogP contribution < -0.4 is 25.8 Å². The van der Waals surface area contributed by atoms with Crippen LogP contribution in [0.1, 0.15) is 28.9 Å². The molecule has 2 heterocycles. The molecule has 11 nitrogen and oxygen atoms in total. The van der Waals surface area contributed by atoms with Gasteiger partial charge in [0, 0.05) is 30.2 Å². The van der Waals surface area contributed by atoms with E-state index >= 15 is 0 Å². The summed E-state index contributed by atoms with van der Waals surface area (Å²) >= 11 is 0. The van der Waals surface area contributed by atoms with E-state index in [2.05, 4.69) is 25.3 Å². The lowest BCUT2D eigenvalue weighted by Crippen LogP contribution is -2.25. The van der Waals surface area contributed by atoms with Crippen LogP contribution in [0.5, 0.6) is 17.2 Å². The second-order valence-corrected chi connectivity index (χ2v) is 8.90. The van der Waals surface area contributed by atoms with Crippen LogP contribution in [0.3, 0.4) is 0 Å². The van der Waals surface area contributed by atoms with Gasteiger partial charge in [-0.2, -0.15) is 13.2 Å². The summed E-state index contributed by atoms with van der Waals surface area (Å²) in [6, 6.07) is 11.3. The van der Waals surface area contributed by atoms with Crippen molar-refractivity contribution in [3.05, 3.63) is 72.1 Å². The van der Waals surface area contributed by atoms with Gasteiger partial charge in [0.05, 0.1) is 5.56 Å². The monoisotopic (exact) mass is 573 g/mol. The maximum Gasteiger partial charge on any atom is 0.420 e. The van der Waals surface area contributed by atoms with Crippen molar-refractivity contribution in [3.8, 4) is 17.2 Å². The van der Waals surface area contributed by atoms with E-state index in [-0.39, 0.29) is 29.5 Å². The summed E-state index contributed by atoms with van der Waals surface area (Å²) in [5.74, 6) is -0.815. The number of rotatable bonds is 9. The van der Waals surface area contributed by atoms with Gasteiger partial charge < -0.3 is 30.6 Å². The van der Waals surface area contributed by atoms with Gasteiger partial charge in [-0.25, -0.2) is 19.4 Å². The fourth-order valence-electron chi connectivity index (χ4n) is 4.01. The molecule has 1 aliphatic heterocycles. The molecule has 3 aromatic rings. The normalized spacial score (nSPS) is 13.3. The third kappa shape index (κ3) is 8.57.